The van der Waals surface area contributed by atoms with Crippen LogP contribution in [0.15, 0.2) is 42.5 Å². The van der Waals surface area contributed by atoms with Crippen LogP contribution in [0.3, 0.4) is 0 Å². The van der Waals surface area contributed by atoms with Gasteiger partial charge in [-0.15, -0.1) is 0 Å². The third-order valence-electron chi connectivity index (χ3n) is 6.39. The summed E-state index contributed by atoms with van der Waals surface area (Å²) in [4.78, 5) is 35.1. The highest BCUT2D eigenvalue weighted by atomic mass is 16.5. The molecule has 1 aliphatic rings. The molecule has 0 spiro atoms. The first-order valence-electron chi connectivity index (χ1n) is 12.8. The molecule has 0 saturated heterocycles. The summed E-state index contributed by atoms with van der Waals surface area (Å²) in [5.41, 5.74) is 0.940. The van der Waals surface area contributed by atoms with E-state index in [1.54, 1.807) is 25.3 Å². The molecule has 0 N–H and O–H groups in total. The number of hydrogen-bond donors (Lipinski definition) is 0. The van der Waals surface area contributed by atoms with E-state index in [2.05, 4.69) is 18.8 Å². The minimum absolute atomic E-state index is 0.00548. The summed E-state index contributed by atoms with van der Waals surface area (Å²) in [6.45, 7) is 8.64. The van der Waals surface area contributed by atoms with Crippen molar-refractivity contribution >= 4 is 11.8 Å². The fourth-order valence-corrected chi connectivity index (χ4v) is 4.54. The average molecular weight is 482 g/mol. The van der Waals surface area contributed by atoms with Gasteiger partial charge in [0.15, 0.2) is 0 Å². The number of aromatic nitrogens is 1. The number of para-hydroxylation sites is 1. The second-order valence-corrected chi connectivity index (χ2v) is 9.45. The first-order valence-corrected chi connectivity index (χ1v) is 12.8. The number of hydrogen-bond acceptors (Lipinski definition) is 5. The zero-order valence-electron chi connectivity index (χ0n) is 21.5. The molecule has 0 saturated carbocycles. The third kappa shape index (κ3) is 7.20. The Labute approximate surface area is 209 Å². The Morgan fingerprint density at radius 2 is 1.83 bits per heavy atom. The Morgan fingerprint density at radius 1 is 1.09 bits per heavy atom. The molecule has 2 amide bonds. The number of methoxy groups -OCH3 is 1. The first-order chi connectivity index (χ1) is 16.9. The Morgan fingerprint density at radius 3 is 2.54 bits per heavy atom. The highest BCUT2D eigenvalue weighted by molar-refractivity contribution is 5.97. The second kappa shape index (κ2) is 13.1. The Hall–Kier alpha value is -3.09. The van der Waals surface area contributed by atoms with E-state index in [1.165, 1.54) is 0 Å². The van der Waals surface area contributed by atoms with Gasteiger partial charge in [0.1, 0.15) is 18.1 Å². The SMILES string of the molecule is CCN1CCCCCCN(C(=O)c2cccc(OC)n2)[C@@H](CC(C)C)COc2ccccc2C1=O. The average Bonchev–Trinajstić information content (AvgIpc) is 2.87. The standard InChI is InChI=1S/C28H39N3O4/c1-5-30-17-10-6-7-11-18-31(28(33)24-14-12-16-26(29-24)34-4)22(19-21(2)3)20-35-25-15-9-8-13-23(25)27(30)32/h8-9,12-16,21-22H,5-7,10-11,17-20H2,1-4H3/t22-/m0/s1. The van der Waals surface area contributed by atoms with Gasteiger partial charge in [0.25, 0.3) is 11.8 Å². The van der Waals surface area contributed by atoms with E-state index in [-0.39, 0.29) is 17.9 Å². The van der Waals surface area contributed by atoms with E-state index < -0.39 is 0 Å². The van der Waals surface area contributed by atoms with Crippen molar-refractivity contribution in [3.8, 4) is 11.6 Å². The summed E-state index contributed by atoms with van der Waals surface area (Å²) in [5.74, 6) is 1.22. The molecule has 0 unspecified atom stereocenters. The molecule has 35 heavy (non-hydrogen) atoms. The van der Waals surface area contributed by atoms with Crippen molar-refractivity contribution in [3.05, 3.63) is 53.7 Å². The molecule has 2 aromatic rings. The monoisotopic (exact) mass is 481 g/mol. The zero-order valence-corrected chi connectivity index (χ0v) is 21.5. The molecule has 1 aliphatic heterocycles. The van der Waals surface area contributed by atoms with Gasteiger partial charge in [-0.1, -0.05) is 44.9 Å². The lowest BCUT2D eigenvalue weighted by molar-refractivity contribution is 0.0559. The maximum atomic E-state index is 13.7. The normalized spacial score (nSPS) is 18.0. The number of ether oxygens (including phenoxy) is 2. The van der Waals surface area contributed by atoms with Gasteiger partial charge < -0.3 is 19.3 Å². The van der Waals surface area contributed by atoms with Crippen LogP contribution in [-0.4, -0.2) is 66.0 Å². The molecule has 7 heteroatoms. The lowest BCUT2D eigenvalue weighted by atomic mass is 10.0. The minimum atomic E-state index is -0.149. The molecule has 1 atom stereocenters. The van der Waals surface area contributed by atoms with Crippen molar-refractivity contribution < 1.29 is 19.1 Å². The second-order valence-electron chi connectivity index (χ2n) is 9.45. The van der Waals surface area contributed by atoms with Crippen molar-refractivity contribution in [3.63, 3.8) is 0 Å². The molecular formula is C28H39N3O4. The smallest absolute Gasteiger partial charge is 0.272 e. The van der Waals surface area contributed by atoms with Crippen LogP contribution in [0, 0.1) is 5.92 Å². The maximum absolute atomic E-state index is 13.7. The van der Waals surface area contributed by atoms with Gasteiger partial charge in [-0.25, -0.2) is 4.98 Å². The van der Waals surface area contributed by atoms with Gasteiger partial charge in [-0.3, -0.25) is 9.59 Å². The molecular weight excluding hydrogens is 442 g/mol. The maximum Gasteiger partial charge on any atom is 0.272 e. The Kier molecular flexibility index (Phi) is 9.94. The van der Waals surface area contributed by atoms with Crippen molar-refractivity contribution in [2.24, 2.45) is 5.92 Å². The van der Waals surface area contributed by atoms with Crippen molar-refractivity contribution in [1.29, 1.82) is 0 Å². The van der Waals surface area contributed by atoms with Gasteiger partial charge in [-0.2, -0.15) is 0 Å². The Balaban J connectivity index is 1.94. The van der Waals surface area contributed by atoms with Crippen LogP contribution in [0.2, 0.25) is 0 Å². The number of amides is 2. The van der Waals surface area contributed by atoms with Crippen molar-refractivity contribution in [1.82, 2.24) is 14.8 Å². The van der Waals surface area contributed by atoms with E-state index in [4.69, 9.17) is 9.47 Å². The zero-order chi connectivity index (χ0) is 25.2. The fraction of sp³-hybridized carbons (Fsp3) is 0.536. The van der Waals surface area contributed by atoms with E-state index in [1.807, 2.05) is 41.0 Å². The summed E-state index contributed by atoms with van der Waals surface area (Å²) in [7, 11) is 1.55. The number of nitrogens with zero attached hydrogens (tertiary/aromatic N) is 3. The van der Waals surface area contributed by atoms with Gasteiger partial charge in [0.2, 0.25) is 5.88 Å². The van der Waals surface area contributed by atoms with Crippen LogP contribution < -0.4 is 9.47 Å². The van der Waals surface area contributed by atoms with Crippen LogP contribution in [0.1, 0.15) is 73.7 Å². The summed E-state index contributed by atoms with van der Waals surface area (Å²) in [5, 5.41) is 0. The summed E-state index contributed by atoms with van der Waals surface area (Å²) >= 11 is 0. The first kappa shape index (κ1) is 26.5. The number of rotatable bonds is 5. The lowest BCUT2D eigenvalue weighted by Gasteiger charge is -2.33. The highest BCUT2D eigenvalue weighted by Gasteiger charge is 2.28. The molecule has 1 aromatic carbocycles. The molecule has 190 valence electrons. The van der Waals surface area contributed by atoms with Crippen LogP contribution in [-0.2, 0) is 0 Å². The molecule has 0 radical (unpaired) electrons. The molecule has 2 heterocycles. The number of fused-ring (bicyclic) bond motifs is 1. The lowest BCUT2D eigenvalue weighted by Crippen LogP contribution is -2.45. The van der Waals surface area contributed by atoms with Crippen LogP contribution in [0.25, 0.3) is 0 Å². The predicted molar refractivity (Wildman–Crippen MR) is 137 cm³/mol. The number of carbonyl (C=O) groups is 2. The topological polar surface area (TPSA) is 72.0 Å². The summed E-state index contributed by atoms with van der Waals surface area (Å²) in [6, 6.07) is 12.5. The molecule has 1 aromatic heterocycles. The fourth-order valence-electron chi connectivity index (χ4n) is 4.54. The van der Waals surface area contributed by atoms with Gasteiger partial charge >= 0.3 is 0 Å². The van der Waals surface area contributed by atoms with E-state index >= 15 is 0 Å². The number of carbonyl (C=O) groups excluding carboxylic acids is 2. The van der Waals surface area contributed by atoms with E-state index in [0.29, 0.717) is 48.5 Å². The molecule has 3 rings (SSSR count). The molecule has 0 aliphatic carbocycles. The van der Waals surface area contributed by atoms with Crippen LogP contribution in [0.5, 0.6) is 11.6 Å². The van der Waals surface area contributed by atoms with Gasteiger partial charge in [-0.05, 0) is 50.3 Å². The van der Waals surface area contributed by atoms with Gasteiger partial charge in [0, 0.05) is 25.7 Å². The molecule has 0 fully saturated rings. The van der Waals surface area contributed by atoms with Crippen molar-refractivity contribution in [2.75, 3.05) is 33.4 Å². The third-order valence-corrected chi connectivity index (χ3v) is 6.39. The van der Waals surface area contributed by atoms with Gasteiger partial charge in [0.05, 0.1) is 18.7 Å². The van der Waals surface area contributed by atoms with E-state index in [9.17, 15) is 9.59 Å². The number of pyridine rings is 1. The quantitative estimate of drug-likeness (QED) is 0.597. The van der Waals surface area contributed by atoms with Crippen LogP contribution >= 0.6 is 0 Å². The minimum Gasteiger partial charge on any atom is -0.491 e. The predicted octanol–water partition coefficient (Wildman–Crippen LogP) is 5.06. The van der Waals surface area contributed by atoms with Crippen molar-refractivity contribution in [2.45, 2.75) is 58.9 Å². The largest absolute Gasteiger partial charge is 0.491 e. The summed E-state index contributed by atoms with van der Waals surface area (Å²) in [6.07, 6.45) is 4.61. The molecule has 7 nitrogen and oxygen atoms in total. The van der Waals surface area contributed by atoms with E-state index in [0.717, 1.165) is 38.6 Å². The summed E-state index contributed by atoms with van der Waals surface area (Å²) < 4.78 is 11.5. The Bertz CT molecular complexity index is 978. The highest BCUT2D eigenvalue weighted by Crippen LogP contribution is 2.24. The van der Waals surface area contributed by atoms with Crippen LogP contribution in [0.4, 0.5) is 0 Å². The molecule has 0 bridgehead atoms. The number of benzene rings is 1.